The first-order valence-corrected chi connectivity index (χ1v) is 8.94. The van der Waals surface area contributed by atoms with E-state index in [-0.39, 0.29) is 5.92 Å². The Labute approximate surface area is 163 Å². The molecule has 150 valence electrons. The van der Waals surface area contributed by atoms with Crippen LogP contribution in [0.25, 0.3) is 0 Å². The molecule has 2 aromatic carbocycles. The van der Waals surface area contributed by atoms with Crippen LogP contribution in [0, 0.1) is 17.6 Å². The Morgan fingerprint density at radius 1 is 0.929 bits per heavy atom. The van der Waals surface area contributed by atoms with E-state index in [1.165, 1.54) is 13.2 Å². The SMILES string of the molecule is COc1ccccc1C(C)NC(=O)C(NC(=O)c1c(F)cccc1F)C(C)C. The van der Waals surface area contributed by atoms with E-state index in [2.05, 4.69) is 10.6 Å². The van der Waals surface area contributed by atoms with Crippen LogP contribution in [-0.4, -0.2) is 25.0 Å². The lowest BCUT2D eigenvalue weighted by atomic mass is 10.0. The first kappa shape index (κ1) is 21.3. The Hall–Kier alpha value is -2.96. The minimum atomic E-state index is -0.984. The lowest BCUT2D eigenvalue weighted by Crippen LogP contribution is -2.50. The van der Waals surface area contributed by atoms with Crippen LogP contribution in [-0.2, 0) is 4.79 Å². The summed E-state index contributed by atoms with van der Waals surface area (Å²) in [6.45, 7) is 5.25. The Balaban J connectivity index is 2.17. The summed E-state index contributed by atoms with van der Waals surface area (Å²) < 4.78 is 33.0. The van der Waals surface area contributed by atoms with E-state index in [1.807, 2.05) is 18.2 Å². The first-order chi connectivity index (χ1) is 13.3. The molecule has 0 heterocycles. The summed E-state index contributed by atoms with van der Waals surface area (Å²) >= 11 is 0. The highest BCUT2D eigenvalue weighted by Gasteiger charge is 2.28. The van der Waals surface area contributed by atoms with Gasteiger partial charge in [-0.05, 0) is 31.0 Å². The molecule has 0 saturated heterocycles. The lowest BCUT2D eigenvalue weighted by Gasteiger charge is -2.25. The van der Waals surface area contributed by atoms with Crippen molar-refractivity contribution in [1.29, 1.82) is 0 Å². The van der Waals surface area contributed by atoms with Gasteiger partial charge in [-0.1, -0.05) is 38.1 Å². The second kappa shape index (κ2) is 9.30. The van der Waals surface area contributed by atoms with Gasteiger partial charge in [0.15, 0.2) is 0 Å². The molecule has 0 radical (unpaired) electrons. The van der Waals surface area contributed by atoms with Gasteiger partial charge in [0.1, 0.15) is 29.0 Å². The van der Waals surface area contributed by atoms with Gasteiger partial charge in [0.2, 0.25) is 5.91 Å². The number of para-hydroxylation sites is 1. The number of nitrogens with one attached hydrogen (secondary N) is 2. The summed E-state index contributed by atoms with van der Waals surface area (Å²) in [6.07, 6.45) is 0. The highest BCUT2D eigenvalue weighted by atomic mass is 19.1. The van der Waals surface area contributed by atoms with Gasteiger partial charge in [-0.25, -0.2) is 8.78 Å². The maximum Gasteiger partial charge on any atom is 0.257 e. The number of carbonyl (C=O) groups is 2. The molecule has 0 aromatic heterocycles. The molecule has 0 aliphatic carbocycles. The van der Waals surface area contributed by atoms with Crippen LogP contribution in [0.4, 0.5) is 8.78 Å². The molecular formula is C21H24F2N2O3. The zero-order valence-corrected chi connectivity index (χ0v) is 16.3. The summed E-state index contributed by atoms with van der Waals surface area (Å²) in [7, 11) is 1.54. The fraction of sp³-hybridized carbons (Fsp3) is 0.333. The van der Waals surface area contributed by atoms with Gasteiger partial charge in [0, 0.05) is 5.56 Å². The van der Waals surface area contributed by atoms with Crippen molar-refractivity contribution in [3.8, 4) is 5.75 Å². The molecule has 2 aromatic rings. The van der Waals surface area contributed by atoms with E-state index in [4.69, 9.17) is 4.74 Å². The number of hydrogen-bond acceptors (Lipinski definition) is 3. The number of halogens is 2. The summed E-state index contributed by atoms with van der Waals surface area (Å²) in [5.74, 6) is -3.09. The highest BCUT2D eigenvalue weighted by molar-refractivity contribution is 5.98. The summed E-state index contributed by atoms with van der Waals surface area (Å²) in [5.41, 5.74) is 0.0612. The van der Waals surface area contributed by atoms with Crippen molar-refractivity contribution in [1.82, 2.24) is 10.6 Å². The molecule has 2 N–H and O–H groups in total. The minimum absolute atomic E-state index is 0.302. The van der Waals surface area contributed by atoms with E-state index in [9.17, 15) is 18.4 Å². The molecule has 2 amide bonds. The van der Waals surface area contributed by atoms with Gasteiger partial charge < -0.3 is 15.4 Å². The Morgan fingerprint density at radius 3 is 2.11 bits per heavy atom. The van der Waals surface area contributed by atoms with Gasteiger partial charge in [0.05, 0.1) is 13.2 Å². The van der Waals surface area contributed by atoms with E-state index in [0.717, 1.165) is 17.7 Å². The smallest absolute Gasteiger partial charge is 0.257 e. The number of benzene rings is 2. The Bertz CT molecular complexity index is 835. The fourth-order valence-electron chi connectivity index (χ4n) is 2.87. The van der Waals surface area contributed by atoms with Gasteiger partial charge >= 0.3 is 0 Å². The van der Waals surface area contributed by atoms with Gasteiger partial charge in [0.25, 0.3) is 5.91 Å². The number of carbonyl (C=O) groups excluding carboxylic acids is 2. The zero-order valence-electron chi connectivity index (χ0n) is 16.3. The van der Waals surface area contributed by atoms with Crippen LogP contribution >= 0.6 is 0 Å². The topological polar surface area (TPSA) is 67.4 Å². The molecule has 0 bridgehead atoms. The average molecular weight is 390 g/mol. The predicted octanol–water partition coefficient (Wildman–Crippen LogP) is 3.61. The fourth-order valence-corrected chi connectivity index (χ4v) is 2.87. The van der Waals surface area contributed by atoms with Crippen LogP contribution in [0.1, 0.15) is 42.7 Å². The zero-order chi connectivity index (χ0) is 20.8. The standard InChI is InChI=1S/C21H24F2N2O3/c1-12(2)19(25-20(26)18-15(22)9-7-10-16(18)23)21(27)24-13(3)14-8-5-6-11-17(14)28-4/h5-13,19H,1-4H3,(H,24,27)(H,25,26). The quantitative estimate of drug-likeness (QED) is 0.759. The molecule has 7 heteroatoms. The largest absolute Gasteiger partial charge is 0.496 e. The van der Waals surface area contributed by atoms with E-state index >= 15 is 0 Å². The Kier molecular flexibility index (Phi) is 7.09. The van der Waals surface area contributed by atoms with E-state index in [0.29, 0.717) is 5.75 Å². The van der Waals surface area contributed by atoms with Crippen LogP contribution < -0.4 is 15.4 Å². The summed E-state index contributed by atoms with van der Waals surface area (Å²) in [6, 6.07) is 9.03. The van der Waals surface area contributed by atoms with E-state index < -0.39 is 41.1 Å². The van der Waals surface area contributed by atoms with Crippen LogP contribution in [0.5, 0.6) is 5.75 Å². The number of amides is 2. The molecule has 2 atom stereocenters. The average Bonchev–Trinajstić information content (AvgIpc) is 2.65. The molecule has 2 unspecified atom stereocenters. The molecule has 2 rings (SSSR count). The van der Waals surface area contributed by atoms with Crippen molar-refractivity contribution in [2.75, 3.05) is 7.11 Å². The van der Waals surface area contributed by atoms with Crippen molar-refractivity contribution in [2.45, 2.75) is 32.9 Å². The first-order valence-electron chi connectivity index (χ1n) is 8.94. The predicted molar refractivity (Wildman–Crippen MR) is 102 cm³/mol. The van der Waals surface area contributed by atoms with Crippen molar-refractivity contribution < 1.29 is 23.1 Å². The van der Waals surface area contributed by atoms with Gasteiger partial charge in [-0.15, -0.1) is 0 Å². The molecule has 0 fully saturated rings. The number of methoxy groups -OCH3 is 1. The molecule has 0 saturated carbocycles. The van der Waals surface area contributed by atoms with Crippen LogP contribution in [0.2, 0.25) is 0 Å². The molecular weight excluding hydrogens is 366 g/mol. The maximum absolute atomic E-state index is 13.9. The van der Waals surface area contributed by atoms with E-state index in [1.54, 1.807) is 26.8 Å². The number of hydrogen-bond donors (Lipinski definition) is 2. The summed E-state index contributed by atoms with van der Waals surface area (Å²) in [5, 5.41) is 5.25. The third-order valence-electron chi connectivity index (χ3n) is 4.39. The monoisotopic (exact) mass is 390 g/mol. The highest BCUT2D eigenvalue weighted by Crippen LogP contribution is 2.24. The van der Waals surface area contributed by atoms with Gasteiger partial charge in [-0.3, -0.25) is 9.59 Å². The minimum Gasteiger partial charge on any atom is -0.496 e. The second-order valence-electron chi connectivity index (χ2n) is 6.76. The molecule has 5 nitrogen and oxygen atoms in total. The maximum atomic E-state index is 13.9. The lowest BCUT2D eigenvalue weighted by molar-refractivity contribution is -0.124. The van der Waals surface area contributed by atoms with Crippen molar-refractivity contribution in [3.05, 3.63) is 65.2 Å². The van der Waals surface area contributed by atoms with Crippen LogP contribution in [0.15, 0.2) is 42.5 Å². The van der Waals surface area contributed by atoms with Crippen molar-refractivity contribution >= 4 is 11.8 Å². The summed E-state index contributed by atoms with van der Waals surface area (Å²) in [4.78, 5) is 25.1. The van der Waals surface area contributed by atoms with Crippen LogP contribution in [0.3, 0.4) is 0 Å². The van der Waals surface area contributed by atoms with Crippen molar-refractivity contribution in [3.63, 3.8) is 0 Å². The van der Waals surface area contributed by atoms with Gasteiger partial charge in [-0.2, -0.15) is 0 Å². The molecule has 0 aliphatic rings. The Morgan fingerprint density at radius 2 is 1.54 bits per heavy atom. The molecule has 0 spiro atoms. The number of ether oxygens (including phenoxy) is 1. The molecule has 28 heavy (non-hydrogen) atoms. The molecule has 0 aliphatic heterocycles. The third kappa shape index (κ3) is 4.85. The second-order valence-corrected chi connectivity index (χ2v) is 6.76. The normalized spacial score (nSPS) is 13.0. The number of rotatable bonds is 7. The third-order valence-corrected chi connectivity index (χ3v) is 4.39. The van der Waals surface area contributed by atoms with Crippen molar-refractivity contribution in [2.24, 2.45) is 5.92 Å².